The number of rotatable bonds is 4. The first kappa shape index (κ1) is 13.5. The highest BCUT2D eigenvalue weighted by Crippen LogP contribution is 2.38. The Hall–Kier alpha value is -2.18. The van der Waals surface area contributed by atoms with Crippen LogP contribution in [0.5, 0.6) is 0 Å². The van der Waals surface area contributed by atoms with E-state index in [0.29, 0.717) is 5.92 Å². The fraction of sp³-hybridized carbons (Fsp3) is 0.600. The summed E-state index contributed by atoms with van der Waals surface area (Å²) in [6.07, 6.45) is 4.55. The summed E-state index contributed by atoms with van der Waals surface area (Å²) in [7, 11) is 0. The first-order valence-corrected chi connectivity index (χ1v) is 7.90. The first-order chi connectivity index (χ1) is 10.7. The zero-order valence-corrected chi connectivity index (χ0v) is 12.4. The molecule has 0 bridgehead atoms. The van der Waals surface area contributed by atoms with E-state index < -0.39 is 5.97 Å². The molecule has 1 aliphatic carbocycles. The van der Waals surface area contributed by atoms with Crippen LogP contribution in [-0.2, 0) is 4.79 Å². The van der Waals surface area contributed by atoms with Crippen LogP contribution in [0.1, 0.15) is 43.8 Å². The minimum Gasteiger partial charge on any atom is -0.481 e. The van der Waals surface area contributed by atoms with Crippen molar-refractivity contribution in [3.63, 3.8) is 0 Å². The van der Waals surface area contributed by atoms with Crippen molar-refractivity contribution in [2.24, 2.45) is 5.92 Å². The normalized spacial score (nSPS) is 22.2. The molecular weight excluding hydrogens is 282 g/mol. The maximum Gasteiger partial charge on any atom is 0.303 e. The van der Waals surface area contributed by atoms with Crippen LogP contribution < -0.4 is 4.90 Å². The number of piperidine rings is 1. The summed E-state index contributed by atoms with van der Waals surface area (Å²) in [5, 5.41) is 22.1. The second-order valence-electron chi connectivity index (χ2n) is 6.35. The van der Waals surface area contributed by atoms with E-state index in [1.165, 1.54) is 0 Å². The number of hydrogen-bond acceptors (Lipinski definition) is 5. The van der Waals surface area contributed by atoms with E-state index >= 15 is 0 Å². The molecule has 1 saturated carbocycles. The first-order valence-electron chi connectivity index (χ1n) is 7.90. The van der Waals surface area contributed by atoms with Gasteiger partial charge >= 0.3 is 5.97 Å². The van der Waals surface area contributed by atoms with Gasteiger partial charge in [-0.25, -0.2) is 0 Å². The van der Waals surface area contributed by atoms with Crippen molar-refractivity contribution >= 4 is 17.4 Å². The maximum absolute atomic E-state index is 10.9. The van der Waals surface area contributed by atoms with Gasteiger partial charge in [0, 0.05) is 25.4 Å². The Morgan fingerprint density at radius 2 is 2.14 bits per heavy atom. The topological polar surface area (TPSA) is 83.6 Å². The number of anilines is 1. The lowest BCUT2D eigenvalue weighted by atomic mass is 9.95. The van der Waals surface area contributed by atoms with Crippen LogP contribution in [0.25, 0.3) is 5.65 Å². The van der Waals surface area contributed by atoms with E-state index in [1.54, 1.807) is 0 Å². The minimum absolute atomic E-state index is 0.201. The van der Waals surface area contributed by atoms with E-state index in [0.717, 1.165) is 56.1 Å². The molecule has 7 heteroatoms. The smallest absolute Gasteiger partial charge is 0.303 e. The molecule has 2 aromatic rings. The fourth-order valence-electron chi connectivity index (χ4n) is 3.25. The lowest BCUT2D eigenvalue weighted by Gasteiger charge is -2.32. The van der Waals surface area contributed by atoms with Gasteiger partial charge in [-0.05, 0) is 43.7 Å². The summed E-state index contributed by atoms with van der Waals surface area (Å²) in [6.45, 7) is 1.68. The molecule has 1 atom stereocenters. The van der Waals surface area contributed by atoms with Crippen molar-refractivity contribution in [1.29, 1.82) is 0 Å². The molecule has 1 N–H and O–H groups in total. The Bertz CT molecular complexity index is 709. The summed E-state index contributed by atoms with van der Waals surface area (Å²) in [6, 6.07) is 3.91. The second kappa shape index (κ2) is 5.23. The molecule has 0 aromatic carbocycles. The van der Waals surface area contributed by atoms with Gasteiger partial charge in [-0.3, -0.25) is 4.79 Å². The van der Waals surface area contributed by atoms with Crippen molar-refractivity contribution in [2.45, 2.75) is 38.0 Å². The number of carboxylic acid groups (broad SMARTS) is 1. The molecule has 1 unspecified atom stereocenters. The number of fused-ring (bicyclic) bond motifs is 1. The van der Waals surface area contributed by atoms with Crippen LogP contribution in [0.2, 0.25) is 0 Å². The predicted molar refractivity (Wildman–Crippen MR) is 79.9 cm³/mol. The number of aliphatic carboxylic acids is 1. The molecule has 2 aliphatic rings. The van der Waals surface area contributed by atoms with Crippen molar-refractivity contribution in [1.82, 2.24) is 19.8 Å². The Balaban J connectivity index is 1.59. The molecule has 7 nitrogen and oxygen atoms in total. The van der Waals surface area contributed by atoms with Gasteiger partial charge in [0.1, 0.15) is 5.82 Å². The summed E-state index contributed by atoms with van der Waals surface area (Å²) in [5.41, 5.74) is 0.782. The highest BCUT2D eigenvalue weighted by atomic mass is 16.4. The van der Waals surface area contributed by atoms with Crippen LogP contribution in [-0.4, -0.2) is 44.0 Å². The van der Waals surface area contributed by atoms with Crippen LogP contribution in [0.4, 0.5) is 5.82 Å². The highest BCUT2D eigenvalue weighted by molar-refractivity contribution is 5.67. The Morgan fingerprint density at radius 1 is 1.27 bits per heavy atom. The SMILES string of the molecule is O=C(O)CC1CCCN(c2ccc3nnc(C4CC4)n3n2)C1. The Kier molecular flexibility index (Phi) is 3.20. The fourth-order valence-corrected chi connectivity index (χ4v) is 3.25. The molecule has 22 heavy (non-hydrogen) atoms. The van der Waals surface area contributed by atoms with Crippen molar-refractivity contribution in [3.05, 3.63) is 18.0 Å². The molecule has 2 fully saturated rings. The molecule has 0 spiro atoms. The van der Waals surface area contributed by atoms with Gasteiger partial charge < -0.3 is 10.0 Å². The Morgan fingerprint density at radius 3 is 2.91 bits per heavy atom. The number of aromatic nitrogens is 4. The third-order valence-electron chi connectivity index (χ3n) is 4.52. The van der Waals surface area contributed by atoms with Gasteiger partial charge in [0.2, 0.25) is 0 Å². The van der Waals surface area contributed by atoms with Crippen LogP contribution in [0.15, 0.2) is 12.1 Å². The largest absolute Gasteiger partial charge is 0.481 e. The van der Waals surface area contributed by atoms with Crippen molar-refractivity contribution in [2.75, 3.05) is 18.0 Å². The molecule has 4 rings (SSSR count). The molecule has 0 amide bonds. The number of carboxylic acids is 1. The molecule has 1 saturated heterocycles. The molecule has 3 heterocycles. The zero-order chi connectivity index (χ0) is 15.1. The van der Waals surface area contributed by atoms with E-state index in [2.05, 4.69) is 15.1 Å². The summed E-state index contributed by atoms with van der Waals surface area (Å²) < 4.78 is 1.85. The number of hydrogen-bond donors (Lipinski definition) is 1. The zero-order valence-electron chi connectivity index (χ0n) is 12.4. The van der Waals surface area contributed by atoms with Crippen LogP contribution >= 0.6 is 0 Å². The lowest BCUT2D eigenvalue weighted by Crippen LogP contribution is -2.37. The van der Waals surface area contributed by atoms with E-state index in [-0.39, 0.29) is 12.3 Å². The second-order valence-corrected chi connectivity index (χ2v) is 6.35. The highest BCUT2D eigenvalue weighted by Gasteiger charge is 2.30. The average molecular weight is 301 g/mol. The number of carbonyl (C=O) groups is 1. The predicted octanol–water partition coefficient (Wildman–Crippen LogP) is 1.69. The van der Waals surface area contributed by atoms with Gasteiger partial charge in [0.15, 0.2) is 11.5 Å². The summed E-state index contributed by atoms with van der Waals surface area (Å²) in [5.74, 6) is 1.83. The average Bonchev–Trinajstić information content (AvgIpc) is 3.26. The number of nitrogens with zero attached hydrogens (tertiary/aromatic N) is 5. The molecule has 2 aromatic heterocycles. The molecular formula is C15H19N5O2. The van der Waals surface area contributed by atoms with Gasteiger partial charge in [0.05, 0.1) is 0 Å². The van der Waals surface area contributed by atoms with E-state index in [1.807, 2.05) is 16.6 Å². The minimum atomic E-state index is -0.718. The quantitative estimate of drug-likeness (QED) is 0.925. The molecule has 116 valence electrons. The van der Waals surface area contributed by atoms with E-state index in [4.69, 9.17) is 10.2 Å². The van der Waals surface area contributed by atoms with Gasteiger partial charge in [0.25, 0.3) is 0 Å². The van der Waals surface area contributed by atoms with Gasteiger partial charge in [-0.1, -0.05) is 0 Å². The van der Waals surface area contributed by atoms with Crippen molar-refractivity contribution < 1.29 is 9.90 Å². The maximum atomic E-state index is 10.9. The van der Waals surface area contributed by atoms with Crippen LogP contribution in [0, 0.1) is 5.92 Å². The third-order valence-corrected chi connectivity index (χ3v) is 4.52. The van der Waals surface area contributed by atoms with Gasteiger partial charge in [-0.2, -0.15) is 4.52 Å². The lowest BCUT2D eigenvalue weighted by molar-refractivity contribution is -0.138. The van der Waals surface area contributed by atoms with E-state index in [9.17, 15) is 4.79 Å². The summed E-state index contributed by atoms with van der Waals surface area (Å²) in [4.78, 5) is 13.1. The Labute approximate surface area is 127 Å². The molecule has 0 radical (unpaired) electrons. The van der Waals surface area contributed by atoms with Crippen LogP contribution in [0.3, 0.4) is 0 Å². The summed E-state index contributed by atoms with van der Waals surface area (Å²) >= 11 is 0. The third kappa shape index (κ3) is 2.51. The van der Waals surface area contributed by atoms with Crippen molar-refractivity contribution in [3.8, 4) is 0 Å². The molecule has 1 aliphatic heterocycles. The van der Waals surface area contributed by atoms with Gasteiger partial charge in [-0.15, -0.1) is 15.3 Å². The monoisotopic (exact) mass is 301 g/mol. The standard InChI is InChI=1S/C15H19N5O2/c21-14(22)8-10-2-1-7-19(9-10)13-6-5-12-16-17-15(11-3-4-11)20(12)18-13/h5-6,10-11H,1-4,7-9H2,(H,21,22).